The van der Waals surface area contributed by atoms with E-state index in [4.69, 9.17) is 14.2 Å². The first-order valence-corrected chi connectivity index (χ1v) is 12.0. The van der Waals surface area contributed by atoms with Crippen molar-refractivity contribution < 1.29 is 23.8 Å². The molecule has 186 valence electrons. The van der Waals surface area contributed by atoms with Gasteiger partial charge in [-0.3, -0.25) is 14.6 Å². The van der Waals surface area contributed by atoms with Crippen LogP contribution in [0.25, 0.3) is 0 Å². The molecule has 0 radical (unpaired) electrons. The Balaban J connectivity index is 1.47. The molecule has 0 N–H and O–H groups in total. The van der Waals surface area contributed by atoms with Crippen molar-refractivity contribution >= 4 is 11.8 Å². The van der Waals surface area contributed by atoms with Gasteiger partial charge in [-0.15, -0.1) is 0 Å². The van der Waals surface area contributed by atoms with Gasteiger partial charge in [-0.25, -0.2) is 0 Å². The fourth-order valence-corrected chi connectivity index (χ4v) is 5.05. The van der Waals surface area contributed by atoms with Crippen LogP contribution in [-0.2, 0) is 17.6 Å². The average molecular weight is 488 g/mol. The van der Waals surface area contributed by atoms with Gasteiger partial charge < -0.3 is 24.0 Å². The van der Waals surface area contributed by atoms with Crippen molar-refractivity contribution in [3.05, 3.63) is 83.7 Å². The first-order valence-electron chi connectivity index (χ1n) is 12.0. The van der Waals surface area contributed by atoms with E-state index in [9.17, 15) is 9.59 Å². The summed E-state index contributed by atoms with van der Waals surface area (Å²) in [5.74, 6) is 1.70. The molecule has 2 amide bonds. The Morgan fingerprint density at radius 3 is 2.44 bits per heavy atom. The zero-order valence-corrected chi connectivity index (χ0v) is 20.4. The Bertz CT molecular complexity index is 1230. The summed E-state index contributed by atoms with van der Waals surface area (Å²) < 4.78 is 16.6. The number of ether oxygens (including phenoxy) is 3. The van der Waals surface area contributed by atoms with E-state index in [1.807, 2.05) is 40.1 Å². The van der Waals surface area contributed by atoms with Crippen LogP contribution in [0.3, 0.4) is 0 Å². The molecule has 1 aromatic heterocycles. The number of amides is 2. The molecule has 5 rings (SSSR count). The maximum Gasteiger partial charge on any atom is 0.255 e. The number of rotatable bonds is 6. The monoisotopic (exact) mass is 487 g/mol. The van der Waals surface area contributed by atoms with Gasteiger partial charge in [-0.05, 0) is 48.2 Å². The number of aromatic nitrogens is 1. The molecular weight excluding hydrogens is 458 g/mol. The molecule has 3 aromatic rings. The molecule has 1 fully saturated rings. The fourth-order valence-electron chi connectivity index (χ4n) is 5.05. The van der Waals surface area contributed by atoms with Crippen molar-refractivity contribution in [2.24, 2.45) is 0 Å². The van der Waals surface area contributed by atoms with Crippen molar-refractivity contribution in [2.75, 3.05) is 27.0 Å². The van der Waals surface area contributed by atoms with Crippen LogP contribution in [0, 0.1) is 0 Å². The average Bonchev–Trinajstić information content (AvgIpc) is 3.38. The summed E-state index contributed by atoms with van der Waals surface area (Å²) in [4.78, 5) is 34.4. The fraction of sp³-hybridized carbons (Fsp3) is 0.321. The summed E-state index contributed by atoms with van der Waals surface area (Å²) in [7, 11) is 1.59. The van der Waals surface area contributed by atoms with Gasteiger partial charge in [0.2, 0.25) is 18.4 Å². The lowest BCUT2D eigenvalue weighted by Crippen LogP contribution is -2.62. The van der Waals surface area contributed by atoms with E-state index < -0.39 is 0 Å². The van der Waals surface area contributed by atoms with E-state index in [1.165, 1.54) is 0 Å². The Morgan fingerprint density at radius 2 is 1.72 bits per heavy atom. The van der Waals surface area contributed by atoms with Crippen molar-refractivity contribution in [1.82, 2.24) is 14.8 Å². The number of piperazine rings is 1. The Kier molecular flexibility index (Phi) is 6.75. The van der Waals surface area contributed by atoms with Crippen molar-refractivity contribution in [2.45, 2.75) is 31.8 Å². The smallest absolute Gasteiger partial charge is 0.255 e. The molecule has 0 spiro atoms. The van der Waals surface area contributed by atoms with Crippen LogP contribution in [0.4, 0.5) is 0 Å². The van der Waals surface area contributed by atoms with Gasteiger partial charge in [0.1, 0.15) is 0 Å². The van der Waals surface area contributed by atoms with E-state index in [1.54, 1.807) is 38.6 Å². The second kappa shape index (κ2) is 10.3. The summed E-state index contributed by atoms with van der Waals surface area (Å²) >= 11 is 0. The third-order valence-electron chi connectivity index (χ3n) is 6.77. The van der Waals surface area contributed by atoms with Crippen molar-refractivity contribution in [3.63, 3.8) is 0 Å². The molecule has 0 unspecified atom stereocenters. The lowest BCUT2D eigenvalue weighted by molar-refractivity contribution is -0.134. The molecule has 3 heterocycles. The molecule has 0 bridgehead atoms. The third-order valence-corrected chi connectivity index (χ3v) is 6.77. The first-order chi connectivity index (χ1) is 17.5. The summed E-state index contributed by atoms with van der Waals surface area (Å²) in [5.41, 5.74) is 2.59. The largest absolute Gasteiger partial charge is 0.493 e. The quantitative estimate of drug-likeness (QED) is 0.531. The number of fused-ring (bicyclic) bond motifs is 1. The molecule has 1 saturated heterocycles. The van der Waals surface area contributed by atoms with E-state index in [-0.39, 0.29) is 30.7 Å². The minimum absolute atomic E-state index is 0.00215. The topological polar surface area (TPSA) is 81.2 Å². The molecule has 2 atom stereocenters. The van der Waals surface area contributed by atoms with Gasteiger partial charge in [-0.1, -0.05) is 30.3 Å². The van der Waals surface area contributed by atoms with Gasteiger partial charge in [0.15, 0.2) is 11.5 Å². The zero-order valence-electron chi connectivity index (χ0n) is 20.4. The molecule has 2 aliphatic rings. The highest BCUT2D eigenvalue weighted by Gasteiger charge is 2.38. The zero-order chi connectivity index (χ0) is 25.1. The standard InChI is InChI=1S/C28H29N3O5/c1-19(32)30-16-24(12-21-13-25(34-2)27-26(14-21)35-18-36-27)31(28(33)22-9-6-10-29-15-22)17-23(30)11-20-7-4-3-5-8-20/h3-10,13-15,23-24H,11-12,16-18H2,1-2H3/t23-,24-/m0/s1. The van der Waals surface area contributed by atoms with Crippen LogP contribution in [0.15, 0.2) is 67.0 Å². The van der Waals surface area contributed by atoms with Crippen molar-refractivity contribution in [1.29, 1.82) is 0 Å². The second-order valence-corrected chi connectivity index (χ2v) is 9.10. The van der Waals surface area contributed by atoms with Gasteiger partial charge in [-0.2, -0.15) is 0 Å². The molecule has 2 aromatic carbocycles. The van der Waals surface area contributed by atoms with Crippen molar-refractivity contribution in [3.8, 4) is 17.2 Å². The van der Waals surface area contributed by atoms with E-state index >= 15 is 0 Å². The number of methoxy groups -OCH3 is 1. The van der Waals surface area contributed by atoms with E-state index in [0.717, 1.165) is 11.1 Å². The highest BCUT2D eigenvalue weighted by atomic mass is 16.7. The molecule has 0 aliphatic carbocycles. The lowest BCUT2D eigenvalue weighted by Gasteiger charge is -2.46. The van der Waals surface area contributed by atoms with Crippen LogP contribution in [0.5, 0.6) is 17.2 Å². The first kappa shape index (κ1) is 23.7. The number of nitrogens with zero attached hydrogens (tertiary/aromatic N) is 3. The van der Waals surface area contributed by atoms with Crippen LogP contribution in [-0.4, -0.2) is 65.7 Å². The SMILES string of the molecule is COc1cc(C[C@H]2CN(C(C)=O)[C@@H](Cc3ccccc3)CN2C(=O)c2cccnc2)cc2c1OCO2. The van der Waals surface area contributed by atoms with Gasteiger partial charge in [0.05, 0.1) is 24.8 Å². The van der Waals surface area contributed by atoms with Crippen LogP contribution in [0.1, 0.15) is 28.4 Å². The molecule has 0 saturated carbocycles. The normalized spacial score (nSPS) is 18.7. The predicted octanol–water partition coefficient (Wildman–Crippen LogP) is 3.35. The summed E-state index contributed by atoms with van der Waals surface area (Å²) in [6, 6.07) is 17.1. The van der Waals surface area contributed by atoms with E-state index in [0.29, 0.717) is 48.7 Å². The predicted molar refractivity (Wildman–Crippen MR) is 133 cm³/mol. The molecular formula is C28H29N3O5. The minimum atomic E-state index is -0.237. The highest BCUT2D eigenvalue weighted by molar-refractivity contribution is 5.94. The van der Waals surface area contributed by atoms with Gasteiger partial charge >= 0.3 is 0 Å². The molecule has 36 heavy (non-hydrogen) atoms. The Morgan fingerprint density at radius 1 is 0.972 bits per heavy atom. The Hall–Kier alpha value is -4.07. The summed E-state index contributed by atoms with van der Waals surface area (Å²) in [6.45, 7) is 2.59. The van der Waals surface area contributed by atoms with Gasteiger partial charge in [0, 0.05) is 32.4 Å². The summed E-state index contributed by atoms with van der Waals surface area (Å²) in [6.07, 6.45) is 4.44. The van der Waals surface area contributed by atoms with E-state index in [2.05, 4.69) is 17.1 Å². The number of benzene rings is 2. The number of hydrogen-bond acceptors (Lipinski definition) is 6. The number of hydrogen-bond donors (Lipinski definition) is 0. The lowest BCUT2D eigenvalue weighted by atomic mass is 9.94. The number of carbonyl (C=O) groups is 2. The maximum atomic E-state index is 13.7. The molecule has 8 heteroatoms. The highest BCUT2D eigenvalue weighted by Crippen LogP contribution is 2.42. The summed E-state index contributed by atoms with van der Waals surface area (Å²) in [5, 5.41) is 0. The Labute approximate surface area is 210 Å². The minimum Gasteiger partial charge on any atom is -0.493 e. The third kappa shape index (κ3) is 4.84. The molecule has 2 aliphatic heterocycles. The maximum absolute atomic E-state index is 13.7. The van der Waals surface area contributed by atoms with Gasteiger partial charge in [0.25, 0.3) is 5.91 Å². The van der Waals surface area contributed by atoms with Crippen LogP contribution < -0.4 is 14.2 Å². The second-order valence-electron chi connectivity index (χ2n) is 9.10. The number of carbonyl (C=O) groups excluding carboxylic acids is 2. The van der Waals surface area contributed by atoms with Crippen LogP contribution in [0.2, 0.25) is 0 Å². The molecule has 8 nitrogen and oxygen atoms in total. The van der Waals surface area contributed by atoms with Crippen LogP contribution >= 0.6 is 0 Å². The number of pyridine rings is 1.